The third kappa shape index (κ3) is 8.13. The van der Waals surface area contributed by atoms with Gasteiger partial charge in [-0.3, -0.25) is 4.79 Å². The number of ether oxygens (including phenoxy) is 2. The molecule has 0 saturated heterocycles. The molecule has 0 bridgehead atoms. The summed E-state index contributed by atoms with van der Waals surface area (Å²) in [4.78, 5) is 16.5. The average molecular weight is 554 g/mol. The van der Waals surface area contributed by atoms with Gasteiger partial charge in [0.05, 0.1) is 36.2 Å². The van der Waals surface area contributed by atoms with Gasteiger partial charge in [0.15, 0.2) is 0 Å². The number of amides is 1. The number of amidine groups is 1. The molecule has 5 N–H and O–H groups in total. The molecule has 0 aliphatic carbocycles. The van der Waals surface area contributed by atoms with E-state index >= 15 is 0 Å². The fourth-order valence-corrected chi connectivity index (χ4v) is 3.63. The summed E-state index contributed by atoms with van der Waals surface area (Å²) in [6.07, 6.45) is -2.68. The van der Waals surface area contributed by atoms with Crippen molar-refractivity contribution in [2.24, 2.45) is 10.7 Å². The molecule has 3 rings (SSSR count). The lowest BCUT2D eigenvalue weighted by molar-refractivity contribution is -0.123. The Morgan fingerprint density at radius 1 is 1.18 bits per heavy atom. The molecule has 0 atom stereocenters. The second kappa shape index (κ2) is 13.2. The summed E-state index contributed by atoms with van der Waals surface area (Å²) in [6.45, 7) is -0.393. The van der Waals surface area contributed by atoms with E-state index in [4.69, 9.17) is 31.9 Å². The number of nitrogens with one attached hydrogen (secondary N) is 2. The predicted molar refractivity (Wildman–Crippen MR) is 139 cm³/mol. The van der Waals surface area contributed by atoms with Crippen molar-refractivity contribution in [2.45, 2.75) is 12.7 Å². The van der Waals surface area contributed by atoms with Crippen molar-refractivity contribution in [3.63, 3.8) is 0 Å². The normalized spacial score (nSPS) is 11.9. The monoisotopic (exact) mass is 553 g/mol. The topological polar surface area (TPSA) is 123 Å². The summed E-state index contributed by atoms with van der Waals surface area (Å²) in [5.74, 6) is -0.201. The zero-order valence-corrected chi connectivity index (χ0v) is 21.1. The van der Waals surface area contributed by atoms with E-state index in [1.165, 1.54) is 18.2 Å². The Hall–Kier alpha value is -3.74. The maximum atomic E-state index is 12.4. The second-order valence-electron chi connectivity index (χ2n) is 7.90. The number of aromatic nitrogens is 1. The van der Waals surface area contributed by atoms with E-state index in [-0.39, 0.29) is 41.1 Å². The zero-order valence-electron chi connectivity index (χ0n) is 20.4. The number of carbonyl (C=O) groups excluding carboxylic acids is 1. The lowest BCUT2D eigenvalue weighted by atomic mass is 10.2. The Morgan fingerprint density at radius 2 is 1.97 bits per heavy atom. The number of nitrogens with zero attached hydrogens (tertiary/aromatic N) is 2. The SMILES string of the molecule is CNc1ccn(CCOCCO)c1C(N)=Nc1ccc(Oc2cccc(C(=O)NCC(F)(F)F)c2)c(Cl)c1. The van der Waals surface area contributed by atoms with Gasteiger partial charge in [0.1, 0.15) is 29.6 Å². The second-order valence-corrected chi connectivity index (χ2v) is 8.30. The maximum Gasteiger partial charge on any atom is 0.405 e. The van der Waals surface area contributed by atoms with Gasteiger partial charge >= 0.3 is 6.18 Å². The minimum atomic E-state index is -4.52. The molecule has 0 unspecified atom stereocenters. The Labute approximate surface area is 222 Å². The first-order chi connectivity index (χ1) is 18.1. The molecule has 38 heavy (non-hydrogen) atoms. The van der Waals surface area contributed by atoms with Gasteiger partial charge in [-0.15, -0.1) is 0 Å². The molecule has 3 aromatic rings. The van der Waals surface area contributed by atoms with Crippen LogP contribution in [0.15, 0.2) is 59.7 Å². The summed E-state index contributed by atoms with van der Waals surface area (Å²) in [7, 11) is 1.76. The number of halogens is 4. The first-order valence-electron chi connectivity index (χ1n) is 11.4. The van der Waals surface area contributed by atoms with E-state index < -0.39 is 18.6 Å². The maximum absolute atomic E-state index is 12.4. The minimum Gasteiger partial charge on any atom is -0.456 e. The van der Waals surface area contributed by atoms with Crippen LogP contribution in [0.25, 0.3) is 0 Å². The Balaban J connectivity index is 1.74. The first-order valence-corrected chi connectivity index (χ1v) is 11.8. The van der Waals surface area contributed by atoms with Gasteiger partial charge in [-0.1, -0.05) is 17.7 Å². The van der Waals surface area contributed by atoms with E-state index in [0.717, 1.165) is 5.69 Å². The third-order valence-electron chi connectivity index (χ3n) is 5.13. The van der Waals surface area contributed by atoms with Gasteiger partial charge in [-0.05, 0) is 42.5 Å². The number of hydrogen-bond acceptors (Lipinski definition) is 6. The van der Waals surface area contributed by atoms with Crippen LogP contribution in [0, 0.1) is 0 Å². The van der Waals surface area contributed by atoms with Crippen molar-refractivity contribution in [2.75, 3.05) is 38.7 Å². The molecule has 9 nitrogen and oxygen atoms in total. The van der Waals surface area contributed by atoms with Gasteiger partial charge in [-0.2, -0.15) is 13.2 Å². The van der Waals surface area contributed by atoms with Crippen LogP contribution >= 0.6 is 11.6 Å². The van der Waals surface area contributed by atoms with Crippen molar-refractivity contribution in [1.29, 1.82) is 0 Å². The average Bonchev–Trinajstić information content (AvgIpc) is 3.29. The molecule has 1 amide bonds. The number of benzene rings is 2. The van der Waals surface area contributed by atoms with Crippen molar-refractivity contribution >= 4 is 34.7 Å². The summed E-state index contributed by atoms with van der Waals surface area (Å²) in [5, 5.41) is 13.9. The number of hydrogen-bond donors (Lipinski definition) is 4. The first kappa shape index (κ1) is 28.8. The zero-order chi connectivity index (χ0) is 27.7. The number of aliphatic hydroxyl groups excluding tert-OH is 1. The highest BCUT2D eigenvalue weighted by Crippen LogP contribution is 2.33. The molecule has 0 radical (unpaired) electrons. The molecule has 2 aromatic carbocycles. The highest BCUT2D eigenvalue weighted by Gasteiger charge is 2.28. The quantitative estimate of drug-likeness (QED) is 0.151. The third-order valence-corrected chi connectivity index (χ3v) is 5.42. The minimum absolute atomic E-state index is 0.00182. The number of anilines is 1. The predicted octanol–water partition coefficient (Wildman–Crippen LogP) is 4.31. The largest absolute Gasteiger partial charge is 0.456 e. The number of rotatable bonds is 12. The number of aliphatic imine (C=N–C) groups is 1. The molecule has 0 aliphatic heterocycles. The van der Waals surface area contributed by atoms with Crippen molar-refractivity contribution in [3.05, 3.63) is 71.0 Å². The Morgan fingerprint density at radius 3 is 2.66 bits per heavy atom. The highest BCUT2D eigenvalue weighted by atomic mass is 35.5. The smallest absolute Gasteiger partial charge is 0.405 e. The Kier molecular flexibility index (Phi) is 9.99. The number of nitrogens with two attached hydrogens (primary N) is 1. The molecule has 0 aliphatic rings. The summed E-state index contributed by atoms with van der Waals surface area (Å²) < 4.78 is 50.1. The van der Waals surface area contributed by atoms with Crippen LogP contribution in [0.3, 0.4) is 0 Å². The van der Waals surface area contributed by atoms with E-state index in [1.807, 2.05) is 22.1 Å². The van der Waals surface area contributed by atoms with Crippen molar-refractivity contribution in [1.82, 2.24) is 9.88 Å². The molecular formula is C25H27ClF3N5O4. The molecule has 13 heteroatoms. The van der Waals surface area contributed by atoms with Crippen LogP contribution in [-0.4, -0.2) is 61.0 Å². The lowest BCUT2D eigenvalue weighted by Gasteiger charge is -2.12. The summed E-state index contributed by atoms with van der Waals surface area (Å²) >= 11 is 6.38. The van der Waals surface area contributed by atoms with Crippen LogP contribution in [-0.2, 0) is 11.3 Å². The summed E-state index contributed by atoms with van der Waals surface area (Å²) in [5.41, 5.74) is 8.18. The highest BCUT2D eigenvalue weighted by molar-refractivity contribution is 6.32. The van der Waals surface area contributed by atoms with Gasteiger partial charge in [0.2, 0.25) is 0 Å². The van der Waals surface area contributed by atoms with Crippen molar-refractivity contribution in [3.8, 4) is 11.5 Å². The molecule has 1 heterocycles. The van der Waals surface area contributed by atoms with E-state index in [1.54, 1.807) is 31.3 Å². The molecule has 0 saturated carbocycles. The van der Waals surface area contributed by atoms with E-state index in [9.17, 15) is 18.0 Å². The lowest BCUT2D eigenvalue weighted by Crippen LogP contribution is -2.33. The standard InChI is InChI=1S/C25H27ClF3N5O4/c1-31-20-7-8-34(9-11-37-12-10-35)22(20)23(30)33-17-5-6-21(19(26)14-17)38-18-4-2-3-16(13-18)24(36)32-15-25(27,28)29/h2-8,13-14,31,35H,9-12,15H2,1H3,(H2,30,33)(H,32,36). The van der Waals surface area contributed by atoms with Crippen LogP contribution < -0.4 is 21.1 Å². The molecule has 0 fully saturated rings. The van der Waals surface area contributed by atoms with Crippen LogP contribution in [0.5, 0.6) is 11.5 Å². The van der Waals surface area contributed by atoms with Gasteiger partial charge in [0, 0.05) is 25.4 Å². The number of aliphatic hydroxyl groups is 1. The number of alkyl halides is 3. The fourth-order valence-electron chi connectivity index (χ4n) is 3.42. The Bertz CT molecular complexity index is 1280. The molecule has 204 valence electrons. The van der Waals surface area contributed by atoms with Crippen LogP contribution in [0.1, 0.15) is 16.1 Å². The fraction of sp³-hybridized carbons (Fsp3) is 0.280. The van der Waals surface area contributed by atoms with Crippen LogP contribution in [0.4, 0.5) is 24.5 Å². The van der Waals surface area contributed by atoms with Gasteiger partial charge in [-0.25, -0.2) is 4.99 Å². The molecular weight excluding hydrogens is 527 g/mol. The molecule has 0 spiro atoms. The van der Waals surface area contributed by atoms with Crippen LogP contribution in [0.2, 0.25) is 5.02 Å². The van der Waals surface area contributed by atoms with Gasteiger partial charge < -0.3 is 35.5 Å². The van der Waals surface area contributed by atoms with Crippen molar-refractivity contribution < 1.29 is 32.5 Å². The number of carbonyl (C=O) groups is 1. The molecule has 1 aromatic heterocycles. The van der Waals surface area contributed by atoms with E-state index in [0.29, 0.717) is 24.5 Å². The van der Waals surface area contributed by atoms with Gasteiger partial charge in [0.25, 0.3) is 5.91 Å². The van der Waals surface area contributed by atoms with E-state index in [2.05, 4.69) is 10.3 Å². The summed E-state index contributed by atoms with van der Waals surface area (Å²) in [6, 6.07) is 12.3.